The predicted molar refractivity (Wildman–Crippen MR) is 69.1 cm³/mol. The summed E-state index contributed by atoms with van der Waals surface area (Å²) in [6.45, 7) is 8.79. The Morgan fingerprint density at radius 2 is 1.76 bits per heavy atom. The summed E-state index contributed by atoms with van der Waals surface area (Å²) in [6, 6.07) is 5.29. The van der Waals surface area contributed by atoms with Gasteiger partial charge in [0.25, 0.3) is 0 Å². The van der Waals surface area contributed by atoms with Crippen LogP contribution in [0.1, 0.15) is 36.6 Å². The van der Waals surface area contributed by atoms with Gasteiger partial charge in [0.1, 0.15) is 6.04 Å². The topological polar surface area (TPSA) is 49.3 Å². The van der Waals surface area contributed by atoms with Gasteiger partial charge in [0.2, 0.25) is 0 Å². The van der Waals surface area contributed by atoms with Gasteiger partial charge in [-0.2, -0.15) is 0 Å². The Labute approximate surface area is 103 Å². The predicted octanol–water partition coefficient (Wildman–Crippen LogP) is 2.67. The fourth-order valence-corrected chi connectivity index (χ4v) is 1.88. The summed E-state index contributed by atoms with van der Waals surface area (Å²) in [5.74, 6) is -0.390. The van der Waals surface area contributed by atoms with Crippen molar-refractivity contribution in [3.8, 4) is 0 Å². The van der Waals surface area contributed by atoms with Crippen molar-refractivity contribution in [2.24, 2.45) is 5.92 Å². The summed E-state index contributed by atoms with van der Waals surface area (Å²) in [5, 5.41) is 12.3. The number of nitrogens with one attached hydrogen (secondary N) is 1. The number of benzene rings is 1. The van der Waals surface area contributed by atoms with Gasteiger partial charge in [0.05, 0.1) is 0 Å². The minimum Gasteiger partial charge on any atom is -0.480 e. The van der Waals surface area contributed by atoms with Crippen molar-refractivity contribution in [1.82, 2.24) is 5.32 Å². The number of hydrogen-bond donors (Lipinski definition) is 2. The molecule has 0 saturated carbocycles. The largest absolute Gasteiger partial charge is 0.480 e. The smallest absolute Gasteiger partial charge is 0.325 e. The maximum Gasteiger partial charge on any atom is 0.325 e. The van der Waals surface area contributed by atoms with E-state index >= 15 is 0 Å². The number of aliphatic carboxylic acids is 1. The Bertz CT molecular complexity index is 379. The summed E-state index contributed by atoms with van der Waals surface area (Å²) in [5.41, 5.74) is 3.02. The Balaban J connectivity index is 2.93. The van der Waals surface area contributed by atoms with Crippen LogP contribution in [0.2, 0.25) is 0 Å². The first-order chi connectivity index (χ1) is 7.90. The molecule has 3 nitrogen and oxygen atoms in total. The maximum atomic E-state index is 11.3. The van der Waals surface area contributed by atoms with Crippen LogP contribution in [-0.2, 0) is 4.79 Å². The zero-order valence-corrected chi connectivity index (χ0v) is 10.9. The van der Waals surface area contributed by atoms with Crippen molar-refractivity contribution in [3.05, 3.63) is 34.9 Å². The van der Waals surface area contributed by atoms with Crippen LogP contribution < -0.4 is 5.32 Å². The van der Waals surface area contributed by atoms with Crippen LogP contribution in [0.5, 0.6) is 0 Å². The van der Waals surface area contributed by atoms with E-state index in [0.717, 1.165) is 16.7 Å². The second-order valence-electron chi connectivity index (χ2n) is 4.99. The summed E-state index contributed by atoms with van der Waals surface area (Å²) in [4.78, 5) is 11.3. The molecule has 0 amide bonds. The number of aryl methyl sites for hydroxylation is 2. The third kappa shape index (κ3) is 4.19. The van der Waals surface area contributed by atoms with Crippen molar-refractivity contribution < 1.29 is 9.90 Å². The lowest BCUT2D eigenvalue weighted by Crippen LogP contribution is -2.31. The van der Waals surface area contributed by atoms with Gasteiger partial charge in [-0.1, -0.05) is 43.2 Å². The second kappa shape index (κ2) is 5.82. The lowest BCUT2D eigenvalue weighted by Gasteiger charge is -2.17. The van der Waals surface area contributed by atoms with E-state index in [1.807, 2.05) is 32.0 Å². The van der Waals surface area contributed by atoms with Crippen molar-refractivity contribution in [3.63, 3.8) is 0 Å². The van der Waals surface area contributed by atoms with Crippen molar-refractivity contribution in [1.29, 1.82) is 0 Å². The molecule has 0 saturated heterocycles. The average molecular weight is 235 g/mol. The van der Waals surface area contributed by atoms with E-state index in [1.54, 1.807) is 0 Å². The number of carbonyl (C=O) groups is 1. The molecule has 0 aromatic heterocycles. The highest BCUT2D eigenvalue weighted by atomic mass is 16.4. The SMILES string of the molecule is Cc1cc(C)cc(C(NCC(C)C)C(=O)O)c1. The van der Waals surface area contributed by atoms with Crippen LogP contribution in [0.3, 0.4) is 0 Å². The molecule has 3 heteroatoms. The number of rotatable bonds is 5. The van der Waals surface area contributed by atoms with Crippen molar-refractivity contribution in [2.45, 2.75) is 33.7 Å². The molecule has 0 aliphatic carbocycles. The first-order valence-electron chi connectivity index (χ1n) is 5.94. The molecule has 1 aromatic rings. The van der Waals surface area contributed by atoms with Crippen LogP contribution >= 0.6 is 0 Å². The van der Waals surface area contributed by atoms with E-state index < -0.39 is 12.0 Å². The van der Waals surface area contributed by atoms with Gasteiger partial charge in [0.15, 0.2) is 0 Å². The second-order valence-corrected chi connectivity index (χ2v) is 4.99. The van der Waals surface area contributed by atoms with Gasteiger partial charge in [0, 0.05) is 0 Å². The minimum absolute atomic E-state index is 0.433. The van der Waals surface area contributed by atoms with E-state index in [-0.39, 0.29) is 0 Å². The standard InChI is InChI=1S/C14H21NO2/c1-9(2)8-15-13(14(16)17)12-6-10(3)5-11(4)7-12/h5-7,9,13,15H,8H2,1-4H3,(H,16,17). The minimum atomic E-state index is -0.823. The Hall–Kier alpha value is -1.35. The first kappa shape index (κ1) is 13.7. The Morgan fingerprint density at radius 3 is 2.18 bits per heavy atom. The molecular formula is C14H21NO2. The summed E-state index contributed by atoms with van der Waals surface area (Å²) >= 11 is 0. The third-order valence-corrected chi connectivity index (χ3v) is 2.55. The molecule has 1 rings (SSSR count). The summed E-state index contributed by atoms with van der Waals surface area (Å²) in [6.07, 6.45) is 0. The molecule has 0 aliphatic rings. The first-order valence-corrected chi connectivity index (χ1v) is 5.94. The quantitative estimate of drug-likeness (QED) is 0.825. The van der Waals surface area contributed by atoms with Gasteiger partial charge < -0.3 is 10.4 Å². The lowest BCUT2D eigenvalue weighted by molar-refractivity contribution is -0.139. The van der Waals surface area contributed by atoms with Gasteiger partial charge in [-0.15, -0.1) is 0 Å². The molecule has 0 radical (unpaired) electrons. The number of carboxylic acids is 1. The fraction of sp³-hybridized carbons (Fsp3) is 0.500. The lowest BCUT2D eigenvalue weighted by atomic mass is 10.0. The average Bonchev–Trinajstić information content (AvgIpc) is 2.14. The van der Waals surface area contributed by atoms with Crippen LogP contribution in [0.25, 0.3) is 0 Å². The number of hydrogen-bond acceptors (Lipinski definition) is 2. The number of carboxylic acid groups (broad SMARTS) is 1. The van der Waals surface area contributed by atoms with Gasteiger partial charge >= 0.3 is 5.97 Å². The van der Waals surface area contributed by atoms with E-state index in [1.165, 1.54) is 0 Å². The highest BCUT2D eigenvalue weighted by Crippen LogP contribution is 2.17. The molecule has 17 heavy (non-hydrogen) atoms. The van der Waals surface area contributed by atoms with E-state index in [0.29, 0.717) is 12.5 Å². The Kier molecular flexibility index (Phi) is 4.70. The highest BCUT2D eigenvalue weighted by Gasteiger charge is 2.19. The third-order valence-electron chi connectivity index (χ3n) is 2.55. The van der Waals surface area contributed by atoms with Gasteiger partial charge in [-0.25, -0.2) is 0 Å². The molecule has 1 atom stereocenters. The molecule has 0 bridgehead atoms. The van der Waals surface area contributed by atoms with E-state index in [4.69, 9.17) is 0 Å². The molecule has 1 aromatic carbocycles. The molecule has 0 heterocycles. The van der Waals surface area contributed by atoms with Crippen molar-refractivity contribution >= 4 is 5.97 Å². The zero-order valence-electron chi connectivity index (χ0n) is 10.9. The highest BCUT2D eigenvalue weighted by molar-refractivity contribution is 5.75. The zero-order chi connectivity index (χ0) is 13.0. The normalized spacial score (nSPS) is 12.8. The molecular weight excluding hydrogens is 214 g/mol. The maximum absolute atomic E-state index is 11.3. The summed E-state index contributed by atoms with van der Waals surface area (Å²) in [7, 11) is 0. The van der Waals surface area contributed by atoms with Crippen LogP contribution in [0.15, 0.2) is 18.2 Å². The molecule has 1 unspecified atom stereocenters. The molecule has 2 N–H and O–H groups in total. The Morgan fingerprint density at radius 1 is 1.24 bits per heavy atom. The fourth-order valence-electron chi connectivity index (χ4n) is 1.88. The van der Waals surface area contributed by atoms with E-state index in [2.05, 4.69) is 19.2 Å². The van der Waals surface area contributed by atoms with Crippen LogP contribution in [0, 0.1) is 19.8 Å². The van der Waals surface area contributed by atoms with Crippen LogP contribution in [0.4, 0.5) is 0 Å². The molecule has 0 spiro atoms. The van der Waals surface area contributed by atoms with Crippen molar-refractivity contribution in [2.75, 3.05) is 6.54 Å². The monoisotopic (exact) mass is 235 g/mol. The molecule has 0 fully saturated rings. The molecule has 94 valence electrons. The van der Waals surface area contributed by atoms with Crippen LogP contribution in [-0.4, -0.2) is 17.6 Å². The van der Waals surface area contributed by atoms with E-state index in [9.17, 15) is 9.90 Å². The van der Waals surface area contributed by atoms with Gasteiger partial charge in [-0.05, 0) is 31.9 Å². The van der Waals surface area contributed by atoms with Gasteiger partial charge in [-0.3, -0.25) is 4.79 Å². The molecule has 0 aliphatic heterocycles. The summed E-state index contributed by atoms with van der Waals surface area (Å²) < 4.78 is 0.